The van der Waals surface area contributed by atoms with Gasteiger partial charge in [-0.05, 0) is 37.5 Å². The number of nitrogen functional groups attached to an aromatic ring is 1. The normalized spacial score (nSPS) is 10.8. The maximum absolute atomic E-state index is 10.8. The van der Waals surface area contributed by atoms with E-state index in [1.165, 1.54) is 4.68 Å². The molecule has 154 valence electrons. The Morgan fingerprint density at radius 3 is 2.14 bits per heavy atom. The summed E-state index contributed by atoms with van der Waals surface area (Å²) >= 11 is 5.85. The summed E-state index contributed by atoms with van der Waals surface area (Å²) in [4.78, 5) is -0.0851. The third-order valence-electron chi connectivity index (χ3n) is 3.93. The average molecular weight is 435 g/mol. The van der Waals surface area contributed by atoms with Gasteiger partial charge in [-0.1, -0.05) is 64.3 Å². The number of halogens is 1. The number of rotatable bonds is 4. The second-order valence-electron chi connectivity index (χ2n) is 6.59. The smallest absolute Gasteiger partial charge is 0.241 e. The molecular formula is C21H23ClN2O4S. The minimum Gasteiger partial charge on any atom is -0.744 e. The van der Waals surface area contributed by atoms with Crippen molar-refractivity contribution in [3.63, 3.8) is 0 Å². The Labute approximate surface area is 176 Å². The first-order valence-corrected chi connectivity index (χ1v) is 10.5. The maximum Gasteiger partial charge on any atom is 0.241 e. The van der Waals surface area contributed by atoms with Crippen molar-refractivity contribution in [2.45, 2.75) is 32.3 Å². The van der Waals surface area contributed by atoms with Gasteiger partial charge in [0.25, 0.3) is 0 Å². The summed E-state index contributed by atoms with van der Waals surface area (Å²) in [6.45, 7) is 5.62. The summed E-state index contributed by atoms with van der Waals surface area (Å²) in [5.74, 6) is 6.23. The molecule has 3 aromatic rings. The molecule has 1 heterocycles. The van der Waals surface area contributed by atoms with Crippen LogP contribution in [0.5, 0.6) is 5.75 Å². The van der Waals surface area contributed by atoms with Gasteiger partial charge in [0.2, 0.25) is 12.4 Å². The highest BCUT2D eigenvalue weighted by atomic mass is 35.5. The van der Waals surface area contributed by atoms with E-state index in [4.69, 9.17) is 22.2 Å². The summed E-state index contributed by atoms with van der Waals surface area (Å²) < 4.78 is 39.4. The van der Waals surface area contributed by atoms with Gasteiger partial charge >= 0.3 is 0 Å². The molecule has 0 amide bonds. The molecule has 0 aliphatic carbocycles. The Morgan fingerprint density at radius 1 is 1.03 bits per heavy atom. The van der Waals surface area contributed by atoms with Crippen LogP contribution in [-0.4, -0.2) is 13.0 Å². The molecule has 2 aromatic carbocycles. The number of ether oxygens (including phenoxy) is 1. The molecule has 8 heteroatoms. The zero-order valence-corrected chi connectivity index (χ0v) is 18.0. The van der Waals surface area contributed by atoms with Crippen molar-refractivity contribution in [3.8, 4) is 5.75 Å². The number of pyridine rings is 1. The molecule has 0 aliphatic rings. The van der Waals surface area contributed by atoms with E-state index in [1.54, 1.807) is 44.4 Å². The Balaban J connectivity index is 0.000000212. The van der Waals surface area contributed by atoms with Crippen molar-refractivity contribution in [3.05, 3.63) is 88.2 Å². The van der Waals surface area contributed by atoms with E-state index in [2.05, 4.69) is 0 Å². The quantitative estimate of drug-likeness (QED) is 0.385. The highest BCUT2D eigenvalue weighted by Crippen LogP contribution is 2.21. The van der Waals surface area contributed by atoms with Gasteiger partial charge in [-0.15, -0.1) is 0 Å². The first-order valence-electron chi connectivity index (χ1n) is 8.73. The molecule has 0 bridgehead atoms. The molecule has 0 spiro atoms. The van der Waals surface area contributed by atoms with Gasteiger partial charge in [-0.2, -0.15) is 0 Å². The van der Waals surface area contributed by atoms with Gasteiger partial charge in [0.1, 0.15) is 21.7 Å². The Hall–Kier alpha value is -2.61. The second kappa shape index (κ2) is 9.73. The summed E-state index contributed by atoms with van der Waals surface area (Å²) in [6.07, 6.45) is 3.28. The Bertz CT molecular complexity index is 1040. The fourth-order valence-electron chi connectivity index (χ4n) is 2.92. The van der Waals surface area contributed by atoms with E-state index in [0.29, 0.717) is 28.5 Å². The highest BCUT2D eigenvalue weighted by molar-refractivity contribution is 7.85. The van der Waals surface area contributed by atoms with Crippen LogP contribution in [0.3, 0.4) is 0 Å². The number of hydrogen-bond donors (Lipinski definition) is 1. The first kappa shape index (κ1) is 22.7. The van der Waals surface area contributed by atoms with Gasteiger partial charge in [0.15, 0.2) is 5.75 Å². The van der Waals surface area contributed by atoms with Crippen LogP contribution in [0, 0.1) is 20.8 Å². The van der Waals surface area contributed by atoms with E-state index in [0.717, 1.165) is 11.1 Å². The largest absolute Gasteiger partial charge is 0.744 e. The van der Waals surface area contributed by atoms with Crippen LogP contribution >= 0.6 is 11.6 Å². The summed E-state index contributed by atoms with van der Waals surface area (Å²) in [5, 5.41) is 0.549. The van der Waals surface area contributed by atoms with E-state index in [1.807, 2.05) is 37.3 Å². The second-order valence-corrected chi connectivity index (χ2v) is 8.35. The molecule has 29 heavy (non-hydrogen) atoms. The number of nitrogens with zero attached hydrogens (tertiary/aromatic N) is 1. The third-order valence-corrected chi connectivity index (χ3v) is 5.28. The highest BCUT2D eigenvalue weighted by Gasteiger charge is 2.09. The van der Waals surface area contributed by atoms with Crippen molar-refractivity contribution >= 4 is 21.7 Å². The molecule has 0 saturated heterocycles. The first-order chi connectivity index (χ1) is 13.6. The van der Waals surface area contributed by atoms with Crippen molar-refractivity contribution in [1.29, 1.82) is 0 Å². The average Bonchev–Trinajstić information content (AvgIpc) is 2.58. The molecule has 0 radical (unpaired) electrons. The van der Waals surface area contributed by atoms with Crippen molar-refractivity contribution in [2.24, 2.45) is 0 Å². The summed E-state index contributed by atoms with van der Waals surface area (Å²) in [5.41, 5.74) is 3.11. The monoisotopic (exact) mass is 434 g/mol. The van der Waals surface area contributed by atoms with Crippen molar-refractivity contribution in [2.75, 3.05) is 5.84 Å². The predicted octanol–water partition coefficient (Wildman–Crippen LogP) is 3.44. The molecule has 2 N–H and O–H groups in total. The van der Waals surface area contributed by atoms with Crippen molar-refractivity contribution < 1.29 is 22.4 Å². The van der Waals surface area contributed by atoms with Crippen LogP contribution in [0.2, 0.25) is 5.02 Å². The molecular weight excluding hydrogens is 412 g/mol. The molecule has 0 aliphatic heterocycles. The SMILES string of the molecule is Cc1cc(C)c(S(=O)(=O)[O-])c(C)c1.N[n+]1cc(Cl)cc(OCc2ccccc2)c1. The lowest BCUT2D eigenvalue weighted by Gasteiger charge is -2.14. The zero-order valence-electron chi connectivity index (χ0n) is 16.4. The maximum atomic E-state index is 10.8. The third kappa shape index (κ3) is 7.05. The molecule has 3 rings (SSSR count). The van der Waals surface area contributed by atoms with E-state index < -0.39 is 10.1 Å². The molecule has 6 nitrogen and oxygen atoms in total. The fraction of sp³-hybridized carbons (Fsp3) is 0.190. The lowest BCUT2D eigenvalue weighted by molar-refractivity contribution is -0.639. The molecule has 0 fully saturated rings. The predicted molar refractivity (Wildman–Crippen MR) is 111 cm³/mol. The van der Waals surface area contributed by atoms with E-state index >= 15 is 0 Å². The minimum absolute atomic E-state index is 0.0851. The van der Waals surface area contributed by atoms with E-state index in [9.17, 15) is 13.0 Å². The topological polar surface area (TPSA) is 96.3 Å². The zero-order chi connectivity index (χ0) is 21.6. The lowest BCUT2D eigenvalue weighted by Crippen LogP contribution is -2.43. The molecule has 0 atom stereocenters. The number of nitrogens with two attached hydrogens (primary N) is 1. The Morgan fingerprint density at radius 2 is 1.62 bits per heavy atom. The number of hydrogen-bond acceptors (Lipinski definition) is 5. The van der Waals surface area contributed by atoms with Crippen LogP contribution in [0.25, 0.3) is 0 Å². The molecule has 1 aromatic heterocycles. The van der Waals surface area contributed by atoms with Gasteiger partial charge < -0.3 is 9.29 Å². The van der Waals surface area contributed by atoms with Gasteiger partial charge in [-0.25, -0.2) is 14.3 Å². The standard InChI is InChI=1S/C12H12ClN2O.C9H12O3S/c13-11-6-12(8-15(14)7-11)16-9-10-4-2-1-3-5-10;1-6-4-7(2)9(8(3)5-6)13(10,11)12/h1-8H,9,14H2;4-5H,1-3H3,(H,10,11,12)/q+1;/p-1. The fourth-order valence-corrected chi connectivity index (χ4v) is 4.04. The van der Waals surface area contributed by atoms with Crippen LogP contribution in [0.1, 0.15) is 22.3 Å². The van der Waals surface area contributed by atoms with Crippen LogP contribution < -0.4 is 15.3 Å². The molecule has 0 unspecified atom stereocenters. The summed E-state index contributed by atoms with van der Waals surface area (Å²) in [7, 11) is -4.33. The van der Waals surface area contributed by atoms with Crippen molar-refractivity contribution in [1.82, 2.24) is 0 Å². The van der Waals surface area contributed by atoms with Crippen LogP contribution in [0.4, 0.5) is 0 Å². The van der Waals surface area contributed by atoms with E-state index in [-0.39, 0.29) is 4.90 Å². The number of aromatic nitrogens is 1. The van der Waals surface area contributed by atoms with Crippen LogP contribution in [0.15, 0.2) is 65.8 Å². The van der Waals surface area contributed by atoms with Gasteiger partial charge in [0, 0.05) is 6.07 Å². The summed E-state index contributed by atoms with van der Waals surface area (Å²) in [6, 6.07) is 15.0. The van der Waals surface area contributed by atoms with Gasteiger partial charge in [0.05, 0.1) is 4.90 Å². The number of aryl methyl sites for hydroxylation is 3. The Kier molecular flexibility index (Phi) is 7.61. The van der Waals surface area contributed by atoms with Crippen LogP contribution in [-0.2, 0) is 16.7 Å². The van der Waals surface area contributed by atoms with Gasteiger partial charge in [-0.3, -0.25) is 0 Å². The lowest BCUT2D eigenvalue weighted by atomic mass is 10.1. The number of benzene rings is 2. The molecule has 0 saturated carbocycles. The minimum atomic E-state index is -4.33.